The minimum atomic E-state index is 0.252. The Morgan fingerprint density at radius 3 is 2.09 bits per heavy atom. The fraction of sp³-hybridized carbons (Fsp3) is 0.0526. The summed E-state index contributed by atoms with van der Waals surface area (Å²) in [5.41, 5.74) is 3.71. The van der Waals surface area contributed by atoms with Gasteiger partial charge >= 0.3 is 0 Å². The van der Waals surface area contributed by atoms with Crippen LogP contribution < -0.4 is 4.90 Å². The minimum Gasteiger partial charge on any atom is -0.508 e. The van der Waals surface area contributed by atoms with Crippen molar-refractivity contribution in [2.75, 3.05) is 4.90 Å². The van der Waals surface area contributed by atoms with E-state index in [9.17, 15) is 5.11 Å². The normalized spacial score (nSPS) is 10.0. The molecule has 4 heteroatoms. The maximum absolute atomic E-state index is 9.43. The molecular weight excluding hydrogens is 286 g/mol. The number of anilines is 2. The van der Waals surface area contributed by atoms with Gasteiger partial charge in [-0.3, -0.25) is 4.98 Å². The molecule has 0 aliphatic heterocycles. The number of aromatic nitrogens is 1. The highest BCUT2D eigenvalue weighted by Crippen LogP contribution is 2.27. The Kier molecular flexibility index (Phi) is 4.21. The second kappa shape index (κ2) is 6.63. The highest BCUT2D eigenvalue weighted by molar-refractivity contribution is 5.63. The van der Waals surface area contributed by atoms with Crippen molar-refractivity contribution >= 4 is 11.4 Å². The van der Waals surface area contributed by atoms with Crippen molar-refractivity contribution in [2.45, 2.75) is 6.54 Å². The first-order valence-electron chi connectivity index (χ1n) is 7.22. The molecule has 0 bridgehead atoms. The number of rotatable bonds is 4. The van der Waals surface area contributed by atoms with Crippen LogP contribution in [0.25, 0.3) is 0 Å². The summed E-state index contributed by atoms with van der Waals surface area (Å²) in [7, 11) is 0. The van der Waals surface area contributed by atoms with Crippen molar-refractivity contribution in [1.29, 1.82) is 5.26 Å². The molecule has 4 nitrogen and oxygen atoms in total. The van der Waals surface area contributed by atoms with Crippen molar-refractivity contribution in [3.05, 3.63) is 84.2 Å². The largest absolute Gasteiger partial charge is 0.508 e. The topological polar surface area (TPSA) is 60.2 Å². The van der Waals surface area contributed by atoms with Gasteiger partial charge in [0.25, 0.3) is 0 Å². The van der Waals surface area contributed by atoms with Crippen LogP contribution in [0.15, 0.2) is 73.1 Å². The maximum atomic E-state index is 9.43. The van der Waals surface area contributed by atoms with E-state index in [2.05, 4.69) is 16.0 Å². The molecule has 0 amide bonds. The standard InChI is InChI=1S/C19H15N3O/c20-13-15-1-5-17(6-2-15)22(18-9-11-21-12-10-18)14-16-3-7-19(23)8-4-16/h1-12,23H,14H2. The quantitative estimate of drug-likeness (QED) is 0.791. The molecule has 0 fully saturated rings. The van der Waals surface area contributed by atoms with Crippen molar-refractivity contribution in [2.24, 2.45) is 0 Å². The summed E-state index contributed by atoms with van der Waals surface area (Å²) in [5.74, 6) is 0.252. The van der Waals surface area contributed by atoms with Crippen LogP contribution in [0.4, 0.5) is 11.4 Å². The summed E-state index contributed by atoms with van der Waals surface area (Å²) in [6.07, 6.45) is 3.51. The Morgan fingerprint density at radius 2 is 1.48 bits per heavy atom. The summed E-state index contributed by atoms with van der Waals surface area (Å²) in [6, 6.07) is 20.6. The molecule has 0 radical (unpaired) electrons. The summed E-state index contributed by atoms with van der Waals surface area (Å²) < 4.78 is 0. The van der Waals surface area contributed by atoms with E-state index in [1.165, 1.54) is 0 Å². The molecule has 0 spiro atoms. The molecule has 0 aliphatic rings. The van der Waals surface area contributed by atoms with E-state index in [-0.39, 0.29) is 5.75 Å². The Balaban J connectivity index is 1.96. The average Bonchev–Trinajstić information content (AvgIpc) is 2.62. The van der Waals surface area contributed by atoms with Crippen LogP contribution in [0.5, 0.6) is 5.75 Å². The zero-order valence-electron chi connectivity index (χ0n) is 12.4. The molecule has 2 aromatic carbocycles. The molecule has 0 aliphatic carbocycles. The van der Waals surface area contributed by atoms with Gasteiger partial charge in [0.15, 0.2) is 0 Å². The Morgan fingerprint density at radius 1 is 0.870 bits per heavy atom. The second-order valence-electron chi connectivity index (χ2n) is 5.12. The summed E-state index contributed by atoms with van der Waals surface area (Å²) in [5, 5.41) is 18.4. The van der Waals surface area contributed by atoms with Gasteiger partial charge in [0.2, 0.25) is 0 Å². The third kappa shape index (κ3) is 3.47. The SMILES string of the molecule is N#Cc1ccc(N(Cc2ccc(O)cc2)c2ccncc2)cc1. The predicted molar refractivity (Wildman–Crippen MR) is 89.3 cm³/mol. The van der Waals surface area contributed by atoms with Crippen LogP contribution in [0, 0.1) is 11.3 Å². The van der Waals surface area contributed by atoms with Crippen LogP contribution in [0.2, 0.25) is 0 Å². The molecule has 1 N–H and O–H groups in total. The molecule has 3 aromatic rings. The van der Waals surface area contributed by atoms with E-state index >= 15 is 0 Å². The van der Waals surface area contributed by atoms with E-state index in [1.54, 1.807) is 36.7 Å². The lowest BCUT2D eigenvalue weighted by atomic mass is 10.1. The van der Waals surface area contributed by atoms with E-state index in [0.717, 1.165) is 16.9 Å². The van der Waals surface area contributed by atoms with Gasteiger partial charge in [-0.2, -0.15) is 5.26 Å². The fourth-order valence-electron chi connectivity index (χ4n) is 2.36. The number of nitriles is 1. The highest BCUT2D eigenvalue weighted by atomic mass is 16.3. The minimum absolute atomic E-state index is 0.252. The van der Waals surface area contributed by atoms with Gasteiger partial charge in [0.05, 0.1) is 11.6 Å². The molecule has 1 aromatic heterocycles. The highest BCUT2D eigenvalue weighted by Gasteiger charge is 2.10. The van der Waals surface area contributed by atoms with Gasteiger partial charge in [-0.05, 0) is 54.1 Å². The van der Waals surface area contributed by atoms with E-state index in [4.69, 9.17) is 5.26 Å². The van der Waals surface area contributed by atoms with E-state index in [1.807, 2.05) is 36.4 Å². The first-order valence-corrected chi connectivity index (χ1v) is 7.22. The number of phenolic OH excluding ortho intramolecular Hbond substituents is 1. The first kappa shape index (κ1) is 14.6. The fourth-order valence-corrected chi connectivity index (χ4v) is 2.36. The molecule has 23 heavy (non-hydrogen) atoms. The molecule has 0 saturated carbocycles. The van der Waals surface area contributed by atoms with Gasteiger partial charge in [0.1, 0.15) is 5.75 Å². The molecule has 0 unspecified atom stereocenters. The monoisotopic (exact) mass is 301 g/mol. The average molecular weight is 301 g/mol. The van der Waals surface area contributed by atoms with Crippen molar-refractivity contribution in [3.8, 4) is 11.8 Å². The van der Waals surface area contributed by atoms with Crippen molar-refractivity contribution in [1.82, 2.24) is 4.98 Å². The number of benzene rings is 2. The Bertz CT molecular complexity index is 806. The summed E-state index contributed by atoms with van der Waals surface area (Å²) in [6.45, 7) is 0.649. The predicted octanol–water partition coefficient (Wildman–Crippen LogP) is 4.00. The van der Waals surface area contributed by atoms with Crippen LogP contribution in [-0.2, 0) is 6.54 Å². The third-order valence-corrected chi connectivity index (χ3v) is 3.56. The molecule has 0 atom stereocenters. The first-order chi connectivity index (χ1) is 11.3. The Hall–Kier alpha value is -3.32. The lowest BCUT2D eigenvalue weighted by Crippen LogP contribution is -2.16. The Labute approximate surface area is 134 Å². The number of hydrogen-bond donors (Lipinski definition) is 1. The van der Waals surface area contributed by atoms with Gasteiger partial charge in [0, 0.05) is 30.3 Å². The zero-order chi connectivity index (χ0) is 16.1. The number of nitrogens with zero attached hydrogens (tertiary/aromatic N) is 3. The molecule has 1 heterocycles. The van der Waals surface area contributed by atoms with Gasteiger partial charge in [-0.25, -0.2) is 0 Å². The number of phenols is 1. The number of aromatic hydroxyl groups is 1. The molecule has 3 rings (SSSR count). The lowest BCUT2D eigenvalue weighted by Gasteiger charge is -2.25. The van der Waals surface area contributed by atoms with Crippen molar-refractivity contribution < 1.29 is 5.11 Å². The smallest absolute Gasteiger partial charge is 0.115 e. The van der Waals surface area contributed by atoms with Crippen LogP contribution in [-0.4, -0.2) is 10.1 Å². The van der Waals surface area contributed by atoms with Gasteiger partial charge in [-0.15, -0.1) is 0 Å². The second-order valence-corrected chi connectivity index (χ2v) is 5.12. The third-order valence-electron chi connectivity index (χ3n) is 3.56. The van der Waals surface area contributed by atoms with Gasteiger partial charge < -0.3 is 10.0 Å². The van der Waals surface area contributed by atoms with Crippen LogP contribution in [0.1, 0.15) is 11.1 Å². The molecule has 112 valence electrons. The van der Waals surface area contributed by atoms with Crippen LogP contribution in [0.3, 0.4) is 0 Å². The number of pyridine rings is 1. The number of hydrogen-bond acceptors (Lipinski definition) is 4. The van der Waals surface area contributed by atoms with E-state index < -0.39 is 0 Å². The molecule has 0 saturated heterocycles. The molecular formula is C19H15N3O. The summed E-state index contributed by atoms with van der Waals surface area (Å²) >= 11 is 0. The maximum Gasteiger partial charge on any atom is 0.115 e. The van der Waals surface area contributed by atoms with E-state index in [0.29, 0.717) is 12.1 Å². The lowest BCUT2D eigenvalue weighted by molar-refractivity contribution is 0.475. The van der Waals surface area contributed by atoms with Crippen molar-refractivity contribution in [3.63, 3.8) is 0 Å². The van der Waals surface area contributed by atoms with Crippen LogP contribution >= 0.6 is 0 Å². The summed E-state index contributed by atoms with van der Waals surface area (Å²) in [4.78, 5) is 6.20. The zero-order valence-corrected chi connectivity index (χ0v) is 12.4. The van der Waals surface area contributed by atoms with Gasteiger partial charge in [-0.1, -0.05) is 12.1 Å².